The lowest BCUT2D eigenvalue weighted by Gasteiger charge is -2.11. The molecule has 2 rings (SSSR count). The zero-order chi connectivity index (χ0) is 17.2. The number of halogens is 1. The van der Waals surface area contributed by atoms with Crippen molar-refractivity contribution in [1.29, 1.82) is 0 Å². The lowest BCUT2D eigenvalue weighted by molar-refractivity contribution is 0.0691. The van der Waals surface area contributed by atoms with Crippen LogP contribution in [0.2, 0.25) is 0 Å². The number of hydrogen-bond donors (Lipinski definition) is 3. The topological polar surface area (TPSA) is 113 Å². The Kier molecular flexibility index (Phi) is 4.41. The molecule has 2 aromatic carbocycles. The average molecular weight is 341 g/mol. The minimum absolute atomic E-state index is 0.160. The third kappa shape index (κ3) is 3.51. The second-order valence-corrected chi connectivity index (χ2v) is 6.12. The second-order valence-electron chi connectivity index (χ2n) is 4.44. The molecule has 0 heterocycles. The molecule has 0 amide bonds. The molecular formula is C14H12FNO6S. The highest BCUT2D eigenvalue weighted by Gasteiger charge is 2.20. The number of carboxylic acids is 1. The van der Waals surface area contributed by atoms with E-state index in [1.54, 1.807) is 0 Å². The summed E-state index contributed by atoms with van der Waals surface area (Å²) in [5.41, 5.74) is -0.805. The Labute approximate surface area is 131 Å². The van der Waals surface area contributed by atoms with E-state index in [4.69, 9.17) is 9.84 Å². The molecule has 2 aromatic rings. The molecule has 0 aliphatic heterocycles. The van der Waals surface area contributed by atoms with Gasteiger partial charge in [0.1, 0.15) is 17.3 Å². The largest absolute Gasteiger partial charge is 0.506 e. The molecule has 0 aliphatic rings. The van der Waals surface area contributed by atoms with Crippen molar-refractivity contribution >= 4 is 21.7 Å². The summed E-state index contributed by atoms with van der Waals surface area (Å²) in [6.07, 6.45) is 0. The Morgan fingerprint density at radius 1 is 1.22 bits per heavy atom. The molecule has 0 radical (unpaired) electrons. The van der Waals surface area contributed by atoms with Crippen LogP contribution >= 0.6 is 0 Å². The van der Waals surface area contributed by atoms with Crippen LogP contribution in [0.25, 0.3) is 0 Å². The van der Waals surface area contributed by atoms with Crippen molar-refractivity contribution in [2.75, 3.05) is 11.8 Å². The number of benzene rings is 2. The maximum Gasteiger partial charge on any atom is 0.338 e. The van der Waals surface area contributed by atoms with Crippen molar-refractivity contribution in [3.05, 3.63) is 47.8 Å². The van der Waals surface area contributed by atoms with E-state index >= 15 is 0 Å². The van der Waals surface area contributed by atoms with Gasteiger partial charge in [-0.2, -0.15) is 0 Å². The van der Waals surface area contributed by atoms with Crippen LogP contribution in [0.5, 0.6) is 11.5 Å². The number of aromatic carboxylic acids is 1. The van der Waals surface area contributed by atoms with Crippen LogP contribution in [-0.2, 0) is 10.0 Å². The van der Waals surface area contributed by atoms with Crippen molar-refractivity contribution in [3.8, 4) is 11.5 Å². The molecular weight excluding hydrogens is 329 g/mol. The van der Waals surface area contributed by atoms with Crippen molar-refractivity contribution in [2.24, 2.45) is 0 Å². The molecule has 0 saturated carbocycles. The highest BCUT2D eigenvalue weighted by atomic mass is 32.2. The quantitative estimate of drug-likeness (QED) is 0.717. The fraction of sp³-hybridized carbons (Fsp3) is 0.0714. The minimum Gasteiger partial charge on any atom is -0.506 e. The number of carbonyl (C=O) groups is 1. The van der Waals surface area contributed by atoms with Crippen LogP contribution in [0.3, 0.4) is 0 Å². The van der Waals surface area contributed by atoms with Gasteiger partial charge in [-0.15, -0.1) is 0 Å². The van der Waals surface area contributed by atoms with Crippen LogP contribution < -0.4 is 9.46 Å². The number of sulfonamides is 1. The smallest absolute Gasteiger partial charge is 0.338 e. The highest BCUT2D eigenvalue weighted by molar-refractivity contribution is 7.92. The number of hydrogen-bond acceptors (Lipinski definition) is 5. The number of methoxy groups -OCH3 is 1. The lowest BCUT2D eigenvalue weighted by Crippen LogP contribution is -2.14. The maximum atomic E-state index is 13.6. The zero-order valence-electron chi connectivity index (χ0n) is 11.8. The molecule has 9 heteroatoms. The fourth-order valence-corrected chi connectivity index (χ4v) is 2.84. The van der Waals surface area contributed by atoms with Crippen molar-refractivity contribution < 1.29 is 32.6 Å². The predicted molar refractivity (Wildman–Crippen MR) is 78.8 cm³/mol. The molecule has 3 N–H and O–H groups in total. The first-order chi connectivity index (χ1) is 10.7. The van der Waals surface area contributed by atoms with Gasteiger partial charge in [0.05, 0.1) is 23.3 Å². The molecule has 0 bridgehead atoms. The third-order valence-corrected chi connectivity index (χ3v) is 4.29. The van der Waals surface area contributed by atoms with E-state index in [0.717, 1.165) is 12.1 Å². The molecule has 0 saturated heterocycles. The SMILES string of the molecule is COc1ccc(O)c(NS(=O)(=O)c2ccc(C(=O)O)c(F)c2)c1. The van der Waals surface area contributed by atoms with Gasteiger partial charge in [-0.3, -0.25) is 4.72 Å². The molecule has 0 aliphatic carbocycles. The number of rotatable bonds is 5. The van der Waals surface area contributed by atoms with Crippen molar-refractivity contribution in [1.82, 2.24) is 0 Å². The zero-order valence-corrected chi connectivity index (χ0v) is 12.6. The molecule has 0 aromatic heterocycles. The van der Waals surface area contributed by atoms with Gasteiger partial charge in [-0.25, -0.2) is 17.6 Å². The molecule has 0 unspecified atom stereocenters. The van der Waals surface area contributed by atoms with Crippen LogP contribution in [-0.4, -0.2) is 31.7 Å². The number of anilines is 1. The Morgan fingerprint density at radius 2 is 1.91 bits per heavy atom. The second kappa shape index (κ2) is 6.13. The molecule has 0 fully saturated rings. The van der Waals surface area contributed by atoms with Crippen LogP contribution in [0.1, 0.15) is 10.4 Å². The Hall–Kier alpha value is -2.81. The standard InChI is InChI=1S/C14H12FNO6S/c1-22-8-2-5-13(17)12(6-8)16-23(20,21)9-3-4-10(14(18)19)11(15)7-9/h2-7,16-17H,1H3,(H,18,19). The van der Waals surface area contributed by atoms with E-state index in [2.05, 4.69) is 4.72 Å². The Morgan fingerprint density at radius 3 is 2.48 bits per heavy atom. The molecule has 7 nitrogen and oxygen atoms in total. The lowest BCUT2D eigenvalue weighted by atomic mass is 10.2. The van der Waals surface area contributed by atoms with Crippen molar-refractivity contribution in [3.63, 3.8) is 0 Å². The van der Waals surface area contributed by atoms with Crippen LogP contribution in [0.4, 0.5) is 10.1 Å². The summed E-state index contributed by atoms with van der Waals surface area (Å²) in [6.45, 7) is 0. The van der Waals surface area contributed by atoms with Gasteiger partial charge in [0.2, 0.25) is 0 Å². The summed E-state index contributed by atoms with van der Waals surface area (Å²) < 4.78 is 45.0. The first-order valence-corrected chi connectivity index (χ1v) is 7.65. The average Bonchev–Trinajstić information content (AvgIpc) is 2.48. The van der Waals surface area contributed by atoms with Gasteiger partial charge < -0.3 is 14.9 Å². The van der Waals surface area contributed by atoms with Gasteiger partial charge in [0.15, 0.2) is 0 Å². The maximum absolute atomic E-state index is 13.6. The van der Waals surface area contributed by atoms with Crippen LogP contribution in [0.15, 0.2) is 41.3 Å². The summed E-state index contributed by atoms with van der Waals surface area (Å²) >= 11 is 0. The van der Waals surface area contributed by atoms with E-state index in [-0.39, 0.29) is 11.4 Å². The number of nitrogens with one attached hydrogen (secondary N) is 1. The van der Waals surface area contributed by atoms with Gasteiger partial charge in [0.25, 0.3) is 10.0 Å². The number of phenolic OH excluding ortho intramolecular Hbond substituents is 1. The number of aromatic hydroxyl groups is 1. The first-order valence-electron chi connectivity index (χ1n) is 6.17. The fourth-order valence-electron chi connectivity index (χ4n) is 1.76. The number of phenols is 1. The highest BCUT2D eigenvalue weighted by Crippen LogP contribution is 2.30. The van der Waals surface area contributed by atoms with E-state index in [1.165, 1.54) is 25.3 Å². The molecule has 0 spiro atoms. The van der Waals surface area contributed by atoms with E-state index in [9.17, 15) is 22.7 Å². The Bertz CT molecular complexity index is 866. The molecule has 122 valence electrons. The molecule has 23 heavy (non-hydrogen) atoms. The summed E-state index contributed by atoms with van der Waals surface area (Å²) in [6, 6.07) is 6.28. The number of carboxylic acid groups (broad SMARTS) is 1. The summed E-state index contributed by atoms with van der Waals surface area (Å²) in [4.78, 5) is 10.3. The predicted octanol–water partition coefficient (Wildman–Crippen LogP) is 2.04. The van der Waals surface area contributed by atoms with E-state index in [1.807, 2.05) is 0 Å². The minimum atomic E-state index is -4.22. The van der Waals surface area contributed by atoms with Crippen LogP contribution in [0, 0.1) is 5.82 Å². The third-order valence-electron chi connectivity index (χ3n) is 2.93. The van der Waals surface area contributed by atoms with E-state index < -0.39 is 32.3 Å². The van der Waals surface area contributed by atoms with Crippen molar-refractivity contribution in [2.45, 2.75) is 4.90 Å². The van der Waals surface area contributed by atoms with E-state index in [0.29, 0.717) is 11.8 Å². The van der Waals surface area contributed by atoms with Gasteiger partial charge in [0, 0.05) is 6.07 Å². The summed E-state index contributed by atoms with van der Waals surface area (Å²) in [7, 11) is -2.86. The van der Waals surface area contributed by atoms with Gasteiger partial charge in [-0.1, -0.05) is 0 Å². The Balaban J connectivity index is 2.40. The molecule has 0 atom stereocenters. The first kappa shape index (κ1) is 16.6. The number of ether oxygens (including phenoxy) is 1. The normalized spacial score (nSPS) is 11.0. The summed E-state index contributed by atoms with van der Waals surface area (Å²) in [5.74, 6) is -2.75. The summed E-state index contributed by atoms with van der Waals surface area (Å²) in [5, 5.41) is 18.4. The monoisotopic (exact) mass is 341 g/mol. The van der Waals surface area contributed by atoms with Gasteiger partial charge in [-0.05, 0) is 30.3 Å². The van der Waals surface area contributed by atoms with Gasteiger partial charge >= 0.3 is 5.97 Å².